The molecule has 0 aliphatic carbocycles. The predicted molar refractivity (Wildman–Crippen MR) is 85.5 cm³/mol. The van der Waals surface area contributed by atoms with Crippen molar-refractivity contribution < 1.29 is 4.79 Å². The van der Waals surface area contributed by atoms with Crippen molar-refractivity contribution in [3.8, 4) is 11.3 Å². The molecule has 3 aromatic rings. The first-order valence-electron chi connectivity index (χ1n) is 7.00. The Hall–Kier alpha value is -2.61. The second-order valence-electron chi connectivity index (χ2n) is 5.15. The van der Waals surface area contributed by atoms with E-state index in [1.165, 1.54) is 0 Å². The summed E-state index contributed by atoms with van der Waals surface area (Å²) >= 11 is 0. The van der Waals surface area contributed by atoms with E-state index in [0.29, 0.717) is 0 Å². The number of nitrogens with zero attached hydrogens (tertiary/aromatic N) is 1. The van der Waals surface area contributed by atoms with E-state index < -0.39 is 0 Å². The maximum atomic E-state index is 12.7. The van der Waals surface area contributed by atoms with E-state index in [4.69, 9.17) is 0 Å². The minimum Gasteiger partial charge on any atom is -0.347 e. The van der Waals surface area contributed by atoms with Crippen LogP contribution in [0.4, 0.5) is 0 Å². The molecule has 2 heteroatoms. The van der Waals surface area contributed by atoms with Gasteiger partial charge in [-0.3, -0.25) is 4.79 Å². The summed E-state index contributed by atoms with van der Waals surface area (Å²) in [6.45, 7) is 1.99. The highest BCUT2D eigenvalue weighted by atomic mass is 16.1. The van der Waals surface area contributed by atoms with Crippen molar-refractivity contribution >= 4 is 5.78 Å². The Morgan fingerprint density at radius 2 is 1.48 bits per heavy atom. The third-order valence-electron chi connectivity index (χ3n) is 3.89. The van der Waals surface area contributed by atoms with Gasteiger partial charge in [0.1, 0.15) is 0 Å². The Labute approximate surface area is 124 Å². The molecule has 2 nitrogen and oxygen atoms in total. The van der Waals surface area contributed by atoms with Crippen molar-refractivity contribution in [1.29, 1.82) is 0 Å². The molecular weight excluding hydrogens is 258 g/mol. The normalized spacial score (nSPS) is 10.6. The highest BCUT2D eigenvalue weighted by Gasteiger charge is 2.17. The third kappa shape index (κ3) is 2.40. The molecule has 0 fully saturated rings. The van der Waals surface area contributed by atoms with Crippen molar-refractivity contribution in [2.45, 2.75) is 6.92 Å². The fourth-order valence-electron chi connectivity index (χ4n) is 2.56. The molecule has 1 heterocycles. The molecule has 0 N–H and O–H groups in total. The molecule has 0 spiro atoms. The van der Waals surface area contributed by atoms with Gasteiger partial charge in [0.15, 0.2) is 5.78 Å². The summed E-state index contributed by atoms with van der Waals surface area (Å²) in [5.74, 6) is 0.0749. The summed E-state index contributed by atoms with van der Waals surface area (Å²) < 4.78 is 2.07. The Morgan fingerprint density at radius 1 is 0.905 bits per heavy atom. The Bertz CT molecular complexity index is 770. The van der Waals surface area contributed by atoms with Crippen LogP contribution in [-0.2, 0) is 7.05 Å². The molecule has 0 atom stereocenters. The van der Waals surface area contributed by atoms with E-state index in [2.05, 4.69) is 16.7 Å². The van der Waals surface area contributed by atoms with Crippen molar-refractivity contribution in [2.24, 2.45) is 7.05 Å². The SMILES string of the molecule is Cc1c(C(=O)c2ccccc2)cc(-c2ccccc2)n1C. The van der Waals surface area contributed by atoms with E-state index in [1.54, 1.807) is 0 Å². The fourth-order valence-corrected chi connectivity index (χ4v) is 2.56. The maximum absolute atomic E-state index is 12.7. The second-order valence-corrected chi connectivity index (χ2v) is 5.15. The number of rotatable bonds is 3. The maximum Gasteiger partial charge on any atom is 0.194 e. The predicted octanol–water partition coefficient (Wildman–Crippen LogP) is 4.23. The van der Waals surface area contributed by atoms with E-state index >= 15 is 0 Å². The van der Waals surface area contributed by atoms with E-state index in [0.717, 1.165) is 28.1 Å². The van der Waals surface area contributed by atoms with Gasteiger partial charge < -0.3 is 4.57 Å². The van der Waals surface area contributed by atoms with Crippen molar-refractivity contribution in [1.82, 2.24) is 4.57 Å². The largest absolute Gasteiger partial charge is 0.347 e. The van der Waals surface area contributed by atoms with Gasteiger partial charge in [-0.05, 0) is 18.6 Å². The highest BCUT2D eigenvalue weighted by molar-refractivity contribution is 6.10. The molecule has 2 aromatic carbocycles. The molecule has 0 unspecified atom stereocenters. The van der Waals surface area contributed by atoms with Crippen LogP contribution in [0.3, 0.4) is 0 Å². The Kier molecular flexibility index (Phi) is 3.44. The monoisotopic (exact) mass is 275 g/mol. The lowest BCUT2D eigenvalue weighted by atomic mass is 10.0. The van der Waals surface area contributed by atoms with E-state index in [1.807, 2.05) is 68.6 Å². The van der Waals surface area contributed by atoms with Crippen LogP contribution in [0.2, 0.25) is 0 Å². The molecule has 0 aliphatic rings. The van der Waals surface area contributed by atoms with Gasteiger partial charge in [-0.2, -0.15) is 0 Å². The number of hydrogen-bond acceptors (Lipinski definition) is 1. The summed E-state index contributed by atoms with van der Waals surface area (Å²) in [6, 6.07) is 21.5. The standard InChI is InChI=1S/C19H17NO/c1-14-17(19(21)16-11-7-4-8-12-16)13-18(20(14)2)15-9-5-3-6-10-15/h3-13H,1-2H3. The van der Waals surface area contributed by atoms with Gasteiger partial charge in [0.2, 0.25) is 0 Å². The van der Waals surface area contributed by atoms with Gasteiger partial charge >= 0.3 is 0 Å². The van der Waals surface area contributed by atoms with Crippen LogP contribution in [-0.4, -0.2) is 10.4 Å². The first-order chi connectivity index (χ1) is 10.2. The van der Waals surface area contributed by atoms with Crippen LogP contribution in [0.15, 0.2) is 66.7 Å². The van der Waals surface area contributed by atoms with Gasteiger partial charge in [0.25, 0.3) is 0 Å². The number of aromatic nitrogens is 1. The van der Waals surface area contributed by atoms with E-state index in [9.17, 15) is 4.79 Å². The molecule has 104 valence electrons. The molecule has 0 radical (unpaired) electrons. The Balaban J connectivity index is 2.08. The molecule has 0 aliphatic heterocycles. The third-order valence-corrected chi connectivity index (χ3v) is 3.89. The van der Waals surface area contributed by atoms with Crippen LogP contribution in [0.25, 0.3) is 11.3 Å². The van der Waals surface area contributed by atoms with Crippen molar-refractivity contribution in [3.63, 3.8) is 0 Å². The molecule has 0 bridgehead atoms. The second kappa shape index (κ2) is 5.41. The zero-order chi connectivity index (χ0) is 14.8. The van der Waals surface area contributed by atoms with Gasteiger partial charge in [-0.1, -0.05) is 60.7 Å². The zero-order valence-electron chi connectivity index (χ0n) is 12.2. The number of carbonyl (C=O) groups excluding carboxylic acids is 1. The summed E-state index contributed by atoms with van der Waals surface area (Å²) in [5, 5.41) is 0. The molecular formula is C19H17NO. The number of benzene rings is 2. The Morgan fingerprint density at radius 3 is 2.10 bits per heavy atom. The smallest absolute Gasteiger partial charge is 0.194 e. The molecule has 0 saturated carbocycles. The van der Waals surface area contributed by atoms with Crippen molar-refractivity contribution in [3.05, 3.63) is 83.6 Å². The summed E-state index contributed by atoms with van der Waals surface area (Å²) in [6.07, 6.45) is 0. The van der Waals surface area contributed by atoms with Gasteiger partial charge in [0, 0.05) is 29.6 Å². The quantitative estimate of drug-likeness (QED) is 0.656. The molecule has 0 amide bonds. The van der Waals surface area contributed by atoms with Gasteiger partial charge in [0.05, 0.1) is 0 Å². The van der Waals surface area contributed by atoms with Crippen LogP contribution < -0.4 is 0 Å². The minimum atomic E-state index is 0.0749. The first kappa shape index (κ1) is 13.4. The summed E-state index contributed by atoms with van der Waals surface area (Å²) in [4.78, 5) is 12.7. The average Bonchev–Trinajstić information content (AvgIpc) is 2.84. The molecule has 21 heavy (non-hydrogen) atoms. The molecule has 1 aromatic heterocycles. The summed E-state index contributed by atoms with van der Waals surface area (Å²) in [5.41, 5.74) is 4.67. The highest BCUT2D eigenvalue weighted by Crippen LogP contribution is 2.26. The lowest BCUT2D eigenvalue weighted by Gasteiger charge is -2.05. The number of ketones is 1. The number of carbonyl (C=O) groups is 1. The molecule has 3 rings (SSSR count). The topological polar surface area (TPSA) is 22.0 Å². The van der Waals surface area contributed by atoms with Crippen LogP contribution in [0.5, 0.6) is 0 Å². The van der Waals surface area contributed by atoms with Gasteiger partial charge in [-0.25, -0.2) is 0 Å². The number of hydrogen-bond donors (Lipinski definition) is 0. The van der Waals surface area contributed by atoms with E-state index in [-0.39, 0.29) is 5.78 Å². The zero-order valence-corrected chi connectivity index (χ0v) is 12.2. The molecule has 0 saturated heterocycles. The summed E-state index contributed by atoms with van der Waals surface area (Å²) in [7, 11) is 2.00. The van der Waals surface area contributed by atoms with Crippen LogP contribution >= 0.6 is 0 Å². The lowest BCUT2D eigenvalue weighted by Crippen LogP contribution is -2.03. The average molecular weight is 275 g/mol. The first-order valence-corrected chi connectivity index (χ1v) is 7.00. The fraction of sp³-hybridized carbons (Fsp3) is 0.105. The van der Waals surface area contributed by atoms with Gasteiger partial charge in [-0.15, -0.1) is 0 Å². The van der Waals surface area contributed by atoms with Crippen molar-refractivity contribution in [2.75, 3.05) is 0 Å². The minimum absolute atomic E-state index is 0.0749. The van der Waals surface area contributed by atoms with Crippen LogP contribution in [0, 0.1) is 6.92 Å². The van der Waals surface area contributed by atoms with Crippen LogP contribution in [0.1, 0.15) is 21.6 Å². The lowest BCUT2D eigenvalue weighted by molar-refractivity contribution is 0.103.